The Kier molecular flexibility index (Phi) is 7.91. The molecule has 2 fully saturated rings. The third kappa shape index (κ3) is 5.85. The number of aromatic nitrogens is 3. The van der Waals surface area contributed by atoms with Crippen LogP contribution in [0.5, 0.6) is 0 Å². The molecule has 0 N–H and O–H groups in total. The van der Waals surface area contributed by atoms with Gasteiger partial charge in [0.25, 0.3) is 0 Å². The van der Waals surface area contributed by atoms with Crippen molar-refractivity contribution >= 4 is 12.3 Å². The van der Waals surface area contributed by atoms with Crippen molar-refractivity contribution in [1.29, 1.82) is 0 Å². The van der Waals surface area contributed by atoms with E-state index in [0.717, 1.165) is 24.7 Å². The number of carbonyl (C=O) groups is 2. The van der Waals surface area contributed by atoms with Crippen molar-refractivity contribution in [3.8, 4) is 0 Å². The van der Waals surface area contributed by atoms with Gasteiger partial charge in [-0.25, -0.2) is 4.68 Å². The maximum atomic E-state index is 12.5. The molecule has 192 valence electrons. The number of rotatable bonds is 9. The van der Waals surface area contributed by atoms with Crippen molar-refractivity contribution in [2.75, 3.05) is 0 Å². The summed E-state index contributed by atoms with van der Waals surface area (Å²) in [6.45, 7) is 12.3. The van der Waals surface area contributed by atoms with Crippen molar-refractivity contribution in [2.24, 2.45) is 22.7 Å². The number of hydrogen-bond donors (Lipinski definition) is 0. The van der Waals surface area contributed by atoms with Gasteiger partial charge in [-0.3, -0.25) is 9.59 Å². The predicted molar refractivity (Wildman–Crippen MR) is 140 cm³/mol. The van der Waals surface area contributed by atoms with Crippen molar-refractivity contribution in [1.82, 2.24) is 15.0 Å². The van der Waals surface area contributed by atoms with Gasteiger partial charge in [-0.15, -0.1) is 5.10 Å². The van der Waals surface area contributed by atoms with Gasteiger partial charge in [0, 0.05) is 0 Å². The first kappa shape index (κ1) is 26.1. The molecule has 2 saturated carbocycles. The van der Waals surface area contributed by atoms with Crippen LogP contribution in [0.4, 0.5) is 0 Å². The average Bonchev–Trinajstić information content (AvgIpc) is 3.28. The maximum Gasteiger partial charge on any atom is 0.310 e. The molecule has 0 saturated heterocycles. The first-order chi connectivity index (χ1) is 17.2. The molecule has 0 amide bonds. The second-order valence-corrected chi connectivity index (χ2v) is 11.5. The fourth-order valence-corrected chi connectivity index (χ4v) is 6.77. The van der Waals surface area contributed by atoms with Gasteiger partial charge in [0.1, 0.15) is 18.6 Å². The quantitative estimate of drug-likeness (QED) is 0.185. The summed E-state index contributed by atoms with van der Waals surface area (Å²) in [6, 6.07) is 9.97. The normalized spacial score (nSPS) is 25.8. The third-order valence-electron chi connectivity index (χ3n) is 8.59. The van der Waals surface area contributed by atoms with Crippen molar-refractivity contribution in [3.05, 3.63) is 71.6 Å². The average molecular weight is 490 g/mol. The lowest BCUT2D eigenvalue weighted by Crippen LogP contribution is -2.49. The highest BCUT2D eigenvalue weighted by molar-refractivity contribution is 5.84. The second-order valence-electron chi connectivity index (χ2n) is 11.5. The van der Waals surface area contributed by atoms with Crippen LogP contribution in [0, 0.1) is 22.7 Å². The number of esters is 1. The van der Waals surface area contributed by atoms with E-state index in [9.17, 15) is 9.59 Å². The highest BCUT2D eigenvalue weighted by atomic mass is 16.5. The highest BCUT2D eigenvalue weighted by Gasteiger charge is 2.52. The molecule has 1 unspecified atom stereocenters. The molecular formula is C30H39N3O3. The van der Waals surface area contributed by atoms with Crippen LogP contribution < -0.4 is 0 Å². The van der Waals surface area contributed by atoms with E-state index in [-0.39, 0.29) is 18.4 Å². The first-order valence-electron chi connectivity index (χ1n) is 13.1. The molecule has 0 spiro atoms. The van der Waals surface area contributed by atoms with Crippen LogP contribution in [0.3, 0.4) is 0 Å². The third-order valence-corrected chi connectivity index (χ3v) is 8.59. The number of allylic oxidation sites excluding steroid dienone is 2. The molecule has 2 aliphatic carbocycles. The molecule has 1 heterocycles. The molecule has 36 heavy (non-hydrogen) atoms. The molecule has 2 aromatic rings. The Labute approximate surface area is 214 Å². The van der Waals surface area contributed by atoms with Crippen molar-refractivity contribution < 1.29 is 14.3 Å². The number of fused-ring (bicyclic) bond motifs is 1. The lowest BCUT2D eigenvalue weighted by Gasteiger charge is -2.58. The highest BCUT2D eigenvalue weighted by Crippen LogP contribution is 2.61. The zero-order valence-corrected chi connectivity index (χ0v) is 21.9. The van der Waals surface area contributed by atoms with E-state index in [1.807, 2.05) is 36.4 Å². The topological polar surface area (TPSA) is 74.1 Å². The summed E-state index contributed by atoms with van der Waals surface area (Å²) in [6.07, 6.45) is 11.2. The van der Waals surface area contributed by atoms with Gasteiger partial charge in [-0.1, -0.05) is 81.0 Å². The number of hydrogen-bond acceptors (Lipinski definition) is 5. The van der Waals surface area contributed by atoms with Gasteiger partial charge in [0.05, 0.1) is 19.2 Å². The minimum Gasteiger partial charge on any atom is -0.459 e. The van der Waals surface area contributed by atoms with Crippen LogP contribution in [-0.2, 0) is 27.5 Å². The first-order valence-corrected chi connectivity index (χ1v) is 13.1. The monoisotopic (exact) mass is 489 g/mol. The Morgan fingerprint density at radius 2 is 2.00 bits per heavy atom. The summed E-state index contributed by atoms with van der Waals surface area (Å²) in [5, 5.41) is 8.19. The number of aldehydes is 1. The number of carbonyl (C=O) groups excluding carboxylic acids is 2. The lowest BCUT2D eigenvalue weighted by molar-refractivity contribution is -0.144. The molecule has 0 aliphatic heterocycles. The van der Waals surface area contributed by atoms with E-state index in [1.54, 1.807) is 10.9 Å². The molecule has 0 bridgehead atoms. The predicted octanol–water partition coefficient (Wildman–Crippen LogP) is 6.07. The molecule has 1 aromatic heterocycles. The van der Waals surface area contributed by atoms with Gasteiger partial charge in [0.2, 0.25) is 0 Å². The summed E-state index contributed by atoms with van der Waals surface area (Å²) >= 11 is 0. The molecule has 6 nitrogen and oxygen atoms in total. The standard InChI is InChI=1S/C30H39N3O3/c1-22-11-14-27-29(2,3)15-8-16-30(27,4)26(22)13-12-24(20-34)17-28(35)36-21-25-19-33(32-31-25)18-23-9-6-5-7-10-23/h5-7,9-10,12,19-20,26-27H,1,8,11,13-18,21H2,2-4H3/b24-12+/t26?,27-,30+/m0/s1. The van der Waals surface area contributed by atoms with E-state index in [2.05, 4.69) is 37.7 Å². The van der Waals surface area contributed by atoms with Crippen molar-refractivity contribution in [3.63, 3.8) is 0 Å². The zero-order valence-electron chi connectivity index (χ0n) is 21.9. The van der Waals surface area contributed by atoms with Crippen LogP contribution in [-0.4, -0.2) is 27.2 Å². The van der Waals surface area contributed by atoms with Gasteiger partial charge in [-0.05, 0) is 65.9 Å². The van der Waals surface area contributed by atoms with Gasteiger partial charge in [-0.2, -0.15) is 0 Å². The van der Waals surface area contributed by atoms with E-state index in [1.165, 1.54) is 31.3 Å². The van der Waals surface area contributed by atoms with Crippen LogP contribution in [0.2, 0.25) is 0 Å². The van der Waals surface area contributed by atoms with E-state index < -0.39 is 5.97 Å². The minimum absolute atomic E-state index is 0.0352. The van der Waals surface area contributed by atoms with Crippen LogP contribution in [0.25, 0.3) is 0 Å². The second kappa shape index (κ2) is 10.9. The minimum atomic E-state index is -0.434. The number of nitrogens with zero attached hydrogens (tertiary/aromatic N) is 3. The Hall–Kier alpha value is -3.02. The molecular weight excluding hydrogens is 450 g/mol. The number of benzene rings is 1. The number of ether oxygens (including phenoxy) is 1. The fourth-order valence-electron chi connectivity index (χ4n) is 6.77. The summed E-state index contributed by atoms with van der Waals surface area (Å²) in [7, 11) is 0. The van der Waals surface area contributed by atoms with Crippen LogP contribution in [0.15, 0.2) is 60.3 Å². The van der Waals surface area contributed by atoms with E-state index in [4.69, 9.17) is 4.74 Å². The molecule has 6 heteroatoms. The summed E-state index contributed by atoms with van der Waals surface area (Å²) < 4.78 is 7.11. The van der Waals surface area contributed by atoms with Crippen LogP contribution >= 0.6 is 0 Å². The molecule has 1 aromatic carbocycles. The van der Waals surface area contributed by atoms with E-state index in [0.29, 0.717) is 35.1 Å². The lowest BCUT2D eigenvalue weighted by atomic mass is 9.47. The Bertz CT molecular complexity index is 1120. The SMILES string of the molecule is C=C1CC[C@H]2C(C)(C)CCC[C@]2(C)C1C/C=C(/C=O)CC(=O)OCc1cn(Cc2ccccc2)nn1. The van der Waals surface area contributed by atoms with E-state index >= 15 is 0 Å². The summed E-state index contributed by atoms with van der Waals surface area (Å²) in [4.78, 5) is 24.3. The largest absolute Gasteiger partial charge is 0.459 e. The molecule has 4 rings (SSSR count). The molecule has 2 aliphatic rings. The summed E-state index contributed by atoms with van der Waals surface area (Å²) in [5.41, 5.74) is 3.97. The van der Waals surface area contributed by atoms with Crippen molar-refractivity contribution in [2.45, 2.75) is 78.9 Å². The Balaban J connectivity index is 1.32. The van der Waals surface area contributed by atoms with Gasteiger partial charge in [0.15, 0.2) is 0 Å². The molecule has 3 atom stereocenters. The van der Waals surface area contributed by atoms with Gasteiger partial charge < -0.3 is 4.74 Å². The molecule has 0 radical (unpaired) electrons. The zero-order chi connectivity index (χ0) is 25.8. The Morgan fingerprint density at radius 1 is 1.22 bits per heavy atom. The summed E-state index contributed by atoms with van der Waals surface area (Å²) in [5.74, 6) is 0.556. The fraction of sp³-hybridized carbons (Fsp3) is 0.533. The van der Waals surface area contributed by atoms with Gasteiger partial charge >= 0.3 is 5.97 Å². The Morgan fingerprint density at radius 3 is 2.75 bits per heavy atom. The van der Waals surface area contributed by atoms with Crippen LogP contribution in [0.1, 0.15) is 77.0 Å². The maximum absolute atomic E-state index is 12.5. The smallest absolute Gasteiger partial charge is 0.310 e.